The van der Waals surface area contributed by atoms with Gasteiger partial charge in [-0.15, -0.1) is 0 Å². The zero-order valence-electron chi connectivity index (χ0n) is 9.74. The summed E-state index contributed by atoms with van der Waals surface area (Å²) in [5, 5.41) is 0. The molecule has 0 amide bonds. The van der Waals surface area contributed by atoms with E-state index >= 15 is 0 Å². The lowest BCUT2D eigenvalue weighted by molar-refractivity contribution is 0.413. The number of hydrogen-bond acceptors (Lipinski definition) is 2. The first kappa shape index (κ1) is 11.9. The fraction of sp³-hybridized carbons (Fsp3) is 0.538. The highest BCUT2D eigenvalue weighted by molar-refractivity contribution is 9.10. The van der Waals surface area contributed by atoms with Crippen LogP contribution in [0, 0.1) is 11.8 Å². The molecule has 1 aromatic rings. The van der Waals surface area contributed by atoms with E-state index in [0.29, 0.717) is 5.92 Å². The Hall–Kier alpha value is -0.540. The van der Waals surface area contributed by atoms with Crippen molar-refractivity contribution in [1.29, 1.82) is 0 Å². The third-order valence-corrected chi connectivity index (χ3v) is 4.20. The van der Waals surface area contributed by atoms with Gasteiger partial charge >= 0.3 is 0 Å². The van der Waals surface area contributed by atoms with Crippen LogP contribution in [-0.2, 0) is 6.42 Å². The first-order valence-electron chi connectivity index (χ1n) is 5.70. The zero-order chi connectivity index (χ0) is 11.7. The fourth-order valence-corrected chi connectivity index (χ4v) is 2.60. The fourth-order valence-electron chi connectivity index (χ4n) is 2.19. The topological polar surface area (TPSA) is 35.2 Å². The number of benzene rings is 1. The minimum Gasteiger partial charge on any atom is -0.497 e. The maximum absolute atomic E-state index is 6.20. The molecule has 2 rings (SSSR count). The summed E-state index contributed by atoms with van der Waals surface area (Å²) >= 11 is 3.56. The Morgan fingerprint density at radius 2 is 2.25 bits per heavy atom. The van der Waals surface area contributed by atoms with Crippen LogP contribution in [0.1, 0.15) is 18.9 Å². The van der Waals surface area contributed by atoms with Crippen LogP contribution in [0.25, 0.3) is 0 Å². The van der Waals surface area contributed by atoms with Gasteiger partial charge in [0.15, 0.2) is 0 Å². The van der Waals surface area contributed by atoms with Gasteiger partial charge in [0.05, 0.1) is 7.11 Å². The van der Waals surface area contributed by atoms with E-state index in [4.69, 9.17) is 10.5 Å². The average Bonchev–Trinajstić information content (AvgIpc) is 2.99. The normalized spacial score (nSPS) is 25.2. The van der Waals surface area contributed by atoms with Gasteiger partial charge < -0.3 is 10.5 Å². The van der Waals surface area contributed by atoms with Crippen molar-refractivity contribution in [3.8, 4) is 5.75 Å². The predicted octanol–water partition coefficient (Wildman–Crippen LogP) is 2.98. The molecule has 1 aliphatic carbocycles. The van der Waals surface area contributed by atoms with Crippen LogP contribution < -0.4 is 10.5 Å². The van der Waals surface area contributed by atoms with Gasteiger partial charge in [-0.25, -0.2) is 0 Å². The van der Waals surface area contributed by atoms with Crippen molar-refractivity contribution in [2.24, 2.45) is 17.6 Å². The molecule has 2 nitrogen and oxygen atoms in total. The number of nitrogens with two attached hydrogens (primary N) is 1. The lowest BCUT2D eigenvalue weighted by atomic mass is 10.0. The van der Waals surface area contributed by atoms with Gasteiger partial charge in [0, 0.05) is 10.5 Å². The number of ether oxygens (including phenoxy) is 1. The SMILES string of the molecule is COc1ccc(Br)c(CC(N)C2CC2C)c1. The van der Waals surface area contributed by atoms with Crippen LogP contribution in [0.4, 0.5) is 0 Å². The number of rotatable bonds is 4. The van der Waals surface area contributed by atoms with Crippen LogP contribution in [0.5, 0.6) is 5.75 Å². The summed E-state index contributed by atoms with van der Waals surface area (Å²) in [6.45, 7) is 2.27. The van der Waals surface area contributed by atoms with Gasteiger partial charge in [-0.2, -0.15) is 0 Å². The lowest BCUT2D eigenvalue weighted by Gasteiger charge is -2.13. The molecule has 3 heteroatoms. The van der Waals surface area contributed by atoms with Crippen molar-refractivity contribution in [3.63, 3.8) is 0 Å². The molecule has 0 bridgehead atoms. The first-order valence-corrected chi connectivity index (χ1v) is 6.49. The Kier molecular flexibility index (Phi) is 3.55. The highest BCUT2D eigenvalue weighted by atomic mass is 79.9. The smallest absolute Gasteiger partial charge is 0.119 e. The molecule has 1 fully saturated rings. The molecule has 2 N–H and O–H groups in total. The van der Waals surface area contributed by atoms with Crippen LogP contribution in [0.3, 0.4) is 0 Å². The maximum atomic E-state index is 6.20. The summed E-state index contributed by atoms with van der Waals surface area (Å²) in [6.07, 6.45) is 2.20. The second-order valence-corrected chi connectivity index (χ2v) is 5.56. The first-order chi connectivity index (χ1) is 7.61. The number of hydrogen-bond donors (Lipinski definition) is 1. The summed E-state index contributed by atoms with van der Waals surface area (Å²) < 4.78 is 6.35. The number of halogens is 1. The molecule has 1 aromatic carbocycles. The molecule has 0 spiro atoms. The van der Waals surface area contributed by atoms with Crippen LogP contribution >= 0.6 is 15.9 Å². The minimum atomic E-state index is 0.276. The van der Waals surface area contributed by atoms with Crippen molar-refractivity contribution in [2.75, 3.05) is 7.11 Å². The molecule has 88 valence electrons. The van der Waals surface area contributed by atoms with Crippen LogP contribution in [0.15, 0.2) is 22.7 Å². The Labute approximate surface area is 105 Å². The molecule has 0 heterocycles. The third-order valence-electron chi connectivity index (χ3n) is 3.43. The van der Waals surface area contributed by atoms with E-state index in [-0.39, 0.29) is 6.04 Å². The molecule has 0 aromatic heterocycles. The summed E-state index contributed by atoms with van der Waals surface area (Å²) in [4.78, 5) is 0. The predicted molar refractivity (Wildman–Crippen MR) is 69.6 cm³/mol. The second-order valence-electron chi connectivity index (χ2n) is 4.70. The molecular weight excluding hydrogens is 266 g/mol. The van der Waals surface area contributed by atoms with Gasteiger partial charge in [-0.1, -0.05) is 22.9 Å². The quantitative estimate of drug-likeness (QED) is 0.922. The molecule has 1 saturated carbocycles. The highest BCUT2D eigenvalue weighted by Gasteiger charge is 2.37. The van der Waals surface area contributed by atoms with Gasteiger partial charge in [0.2, 0.25) is 0 Å². The minimum absolute atomic E-state index is 0.276. The Bertz CT molecular complexity index is 380. The largest absolute Gasteiger partial charge is 0.497 e. The lowest BCUT2D eigenvalue weighted by Crippen LogP contribution is -2.26. The van der Waals surface area contributed by atoms with E-state index < -0.39 is 0 Å². The Morgan fingerprint density at radius 1 is 1.56 bits per heavy atom. The van der Waals surface area contributed by atoms with E-state index in [0.717, 1.165) is 22.6 Å². The van der Waals surface area contributed by atoms with Crippen molar-refractivity contribution < 1.29 is 4.74 Å². The highest BCUT2D eigenvalue weighted by Crippen LogP contribution is 2.41. The van der Waals surface area contributed by atoms with Gasteiger partial charge in [-0.3, -0.25) is 0 Å². The summed E-state index contributed by atoms with van der Waals surface area (Å²) in [5.74, 6) is 2.41. The second kappa shape index (κ2) is 4.76. The molecule has 1 aliphatic rings. The van der Waals surface area contributed by atoms with Gasteiger partial charge in [0.1, 0.15) is 5.75 Å². The van der Waals surface area contributed by atoms with E-state index in [9.17, 15) is 0 Å². The van der Waals surface area contributed by atoms with E-state index in [1.54, 1.807) is 7.11 Å². The van der Waals surface area contributed by atoms with Crippen LogP contribution in [-0.4, -0.2) is 13.2 Å². The van der Waals surface area contributed by atoms with E-state index in [2.05, 4.69) is 28.9 Å². The van der Waals surface area contributed by atoms with Crippen LogP contribution in [0.2, 0.25) is 0 Å². The molecular formula is C13H18BrNO. The summed E-state index contributed by atoms with van der Waals surface area (Å²) in [6, 6.07) is 6.32. The average molecular weight is 284 g/mol. The molecule has 0 radical (unpaired) electrons. The maximum Gasteiger partial charge on any atom is 0.119 e. The standard InChI is InChI=1S/C13H18BrNO/c1-8-5-11(8)13(15)7-9-6-10(16-2)3-4-12(9)14/h3-4,6,8,11,13H,5,7,15H2,1-2H3. The zero-order valence-corrected chi connectivity index (χ0v) is 11.3. The molecule has 3 unspecified atom stereocenters. The van der Waals surface area contributed by atoms with Gasteiger partial charge in [-0.05, 0) is 48.4 Å². The Balaban J connectivity index is 2.07. The molecule has 3 atom stereocenters. The van der Waals surface area contributed by atoms with Crippen molar-refractivity contribution in [1.82, 2.24) is 0 Å². The van der Waals surface area contributed by atoms with Crippen molar-refractivity contribution in [3.05, 3.63) is 28.2 Å². The van der Waals surface area contributed by atoms with E-state index in [1.165, 1.54) is 12.0 Å². The van der Waals surface area contributed by atoms with Crippen molar-refractivity contribution >= 4 is 15.9 Å². The Morgan fingerprint density at radius 3 is 2.81 bits per heavy atom. The van der Waals surface area contributed by atoms with Crippen molar-refractivity contribution in [2.45, 2.75) is 25.8 Å². The van der Waals surface area contributed by atoms with E-state index in [1.807, 2.05) is 12.1 Å². The molecule has 0 aliphatic heterocycles. The summed E-state index contributed by atoms with van der Waals surface area (Å²) in [7, 11) is 1.69. The molecule has 0 saturated heterocycles. The number of methoxy groups -OCH3 is 1. The monoisotopic (exact) mass is 283 g/mol. The summed E-state index contributed by atoms with van der Waals surface area (Å²) in [5.41, 5.74) is 7.44. The third kappa shape index (κ3) is 2.58. The molecule has 16 heavy (non-hydrogen) atoms. The van der Waals surface area contributed by atoms with Gasteiger partial charge in [0.25, 0.3) is 0 Å².